The number of nitrogens with one attached hydrogen (secondary N) is 2. The number of rotatable bonds is 3. The normalized spacial score (nSPS) is 25.1. The Balaban J connectivity index is 2.24. The number of aromatic hydroxyl groups is 1. The Hall–Kier alpha value is -1.63. The first kappa shape index (κ1) is 21.1. The quantitative estimate of drug-likeness (QED) is 0.438. The number of hydrogen-bond donors (Lipinski definition) is 4. The van der Waals surface area contributed by atoms with Crippen LogP contribution in [0.5, 0.6) is 5.75 Å². The summed E-state index contributed by atoms with van der Waals surface area (Å²) in [6.07, 6.45) is -5.36. The minimum atomic E-state index is -5.36. The van der Waals surface area contributed by atoms with E-state index < -0.39 is 41.4 Å². The maximum absolute atomic E-state index is 13.8. The Labute approximate surface area is 177 Å². The molecule has 3 atom stereocenters. The number of Topliss-reactive ketones (excluding diaryl/α,β-unsaturated/α-hetero) is 1. The van der Waals surface area contributed by atoms with Crippen LogP contribution in [-0.4, -0.2) is 33.9 Å². The van der Waals surface area contributed by atoms with Gasteiger partial charge in [0.25, 0.3) is 0 Å². The van der Waals surface area contributed by atoms with Crippen molar-refractivity contribution in [2.75, 3.05) is 0 Å². The van der Waals surface area contributed by atoms with Crippen LogP contribution in [0.4, 0.5) is 18.0 Å². The van der Waals surface area contributed by atoms with Crippen molar-refractivity contribution in [1.82, 2.24) is 10.6 Å². The molecule has 0 unspecified atom stereocenters. The predicted octanol–water partition coefficient (Wildman–Crippen LogP) is 4.08. The summed E-state index contributed by atoms with van der Waals surface area (Å²) in [6, 6.07) is 2.49. The molecular weight excluding hydrogens is 533 g/mol. The zero-order chi connectivity index (χ0) is 20.9. The molecule has 2 heterocycles. The summed E-state index contributed by atoms with van der Waals surface area (Å²) in [5.41, 5.74) is -4.02. The molecule has 0 spiro atoms. The molecule has 1 aliphatic rings. The Morgan fingerprint density at radius 1 is 1.29 bits per heavy atom. The zero-order valence-electron chi connectivity index (χ0n) is 13.6. The van der Waals surface area contributed by atoms with Crippen molar-refractivity contribution in [3.63, 3.8) is 0 Å². The van der Waals surface area contributed by atoms with E-state index in [1.165, 1.54) is 35.0 Å². The smallest absolute Gasteiger partial charge is 0.437 e. The van der Waals surface area contributed by atoms with Gasteiger partial charge >= 0.3 is 12.2 Å². The Bertz CT molecular complexity index is 939. The van der Waals surface area contributed by atoms with E-state index in [1.807, 2.05) is 0 Å². The molecule has 1 saturated heterocycles. The number of carbonyl (C=O) groups is 2. The molecule has 2 aromatic rings. The molecule has 2 amide bonds. The first-order chi connectivity index (χ1) is 13.0. The maximum Gasteiger partial charge on any atom is 0.437 e. The fraction of sp³-hybridized carbons (Fsp3) is 0.250. The van der Waals surface area contributed by atoms with Crippen molar-refractivity contribution in [2.45, 2.75) is 17.9 Å². The molecule has 1 fully saturated rings. The highest BCUT2D eigenvalue weighted by Crippen LogP contribution is 2.47. The molecule has 0 aliphatic carbocycles. The van der Waals surface area contributed by atoms with Gasteiger partial charge in [0, 0.05) is 10.0 Å². The van der Waals surface area contributed by atoms with Crippen LogP contribution in [0.15, 0.2) is 38.6 Å². The first-order valence-electron chi connectivity index (χ1n) is 7.59. The number of carbonyl (C=O) groups excluding carboxylic acids is 2. The fourth-order valence-electron chi connectivity index (χ4n) is 2.99. The molecule has 0 saturated carbocycles. The molecule has 28 heavy (non-hydrogen) atoms. The zero-order valence-corrected chi connectivity index (χ0v) is 17.5. The van der Waals surface area contributed by atoms with Gasteiger partial charge in [-0.25, -0.2) is 4.79 Å². The van der Waals surface area contributed by atoms with Crippen molar-refractivity contribution < 1.29 is 33.0 Å². The SMILES string of the molecule is O=C1N[C@H](c2cc(Br)cc(Br)c2O)[C@@H](C(=O)c2cccs2)[C@](O)(C(F)(F)F)N1. The molecule has 150 valence electrons. The van der Waals surface area contributed by atoms with Crippen LogP contribution in [-0.2, 0) is 0 Å². The number of halogens is 5. The van der Waals surface area contributed by atoms with E-state index in [1.54, 1.807) is 0 Å². The van der Waals surface area contributed by atoms with Gasteiger partial charge in [-0.15, -0.1) is 11.3 Å². The van der Waals surface area contributed by atoms with E-state index in [4.69, 9.17) is 0 Å². The molecule has 0 radical (unpaired) electrons. The van der Waals surface area contributed by atoms with E-state index in [9.17, 15) is 33.0 Å². The molecule has 0 bridgehead atoms. The number of urea groups is 1. The van der Waals surface area contributed by atoms with Crippen LogP contribution >= 0.6 is 43.2 Å². The van der Waals surface area contributed by atoms with Crippen LogP contribution in [0.25, 0.3) is 0 Å². The molecular formula is C16H11Br2F3N2O4S. The van der Waals surface area contributed by atoms with E-state index in [2.05, 4.69) is 37.2 Å². The lowest BCUT2D eigenvalue weighted by atomic mass is 9.78. The third-order valence-electron chi connectivity index (χ3n) is 4.25. The van der Waals surface area contributed by atoms with Gasteiger partial charge in [-0.05, 0) is 39.5 Å². The Kier molecular flexibility index (Phi) is 5.51. The van der Waals surface area contributed by atoms with E-state index >= 15 is 0 Å². The number of phenolic OH excluding ortho intramolecular Hbond substituents is 1. The topological polar surface area (TPSA) is 98.7 Å². The second-order valence-corrected chi connectivity index (χ2v) is 8.70. The highest BCUT2D eigenvalue weighted by atomic mass is 79.9. The van der Waals surface area contributed by atoms with Crippen LogP contribution in [0, 0.1) is 5.92 Å². The summed E-state index contributed by atoms with van der Waals surface area (Å²) in [6.45, 7) is 0. The van der Waals surface area contributed by atoms with Crippen LogP contribution in [0.2, 0.25) is 0 Å². The third kappa shape index (κ3) is 3.53. The average molecular weight is 544 g/mol. The number of benzene rings is 1. The third-order valence-corrected chi connectivity index (χ3v) is 6.19. The largest absolute Gasteiger partial charge is 0.506 e. The van der Waals surface area contributed by atoms with Crippen molar-refractivity contribution in [3.05, 3.63) is 49.0 Å². The van der Waals surface area contributed by atoms with Crippen LogP contribution in [0.3, 0.4) is 0 Å². The van der Waals surface area contributed by atoms with E-state index in [0.29, 0.717) is 4.47 Å². The predicted molar refractivity (Wildman–Crippen MR) is 101 cm³/mol. The van der Waals surface area contributed by atoms with Gasteiger partial charge in [0.05, 0.1) is 15.4 Å². The average Bonchev–Trinajstić information content (AvgIpc) is 3.10. The van der Waals surface area contributed by atoms with Gasteiger partial charge < -0.3 is 20.8 Å². The lowest BCUT2D eigenvalue weighted by Gasteiger charge is -2.45. The van der Waals surface area contributed by atoms with Gasteiger partial charge in [0.1, 0.15) is 11.7 Å². The number of amides is 2. The van der Waals surface area contributed by atoms with Gasteiger partial charge in [-0.3, -0.25) is 4.79 Å². The highest BCUT2D eigenvalue weighted by molar-refractivity contribution is 9.11. The van der Waals surface area contributed by atoms with Crippen molar-refractivity contribution in [1.29, 1.82) is 0 Å². The van der Waals surface area contributed by atoms with Gasteiger partial charge in [0.2, 0.25) is 5.72 Å². The standard InChI is InChI=1S/C16H11Br2F3N2O4S/c17-6-4-7(12(24)8(18)5-6)11-10(13(25)9-2-1-3-28-9)15(27,16(19,20)21)23-14(26)22-11/h1-5,10-11,24,27H,(H2,22,23,26)/t10-,11+,15-/m0/s1. The Morgan fingerprint density at radius 3 is 2.54 bits per heavy atom. The minimum Gasteiger partial charge on any atom is -0.506 e. The van der Waals surface area contributed by atoms with Gasteiger partial charge in [0.15, 0.2) is 5.78 Å². The number of aliphatic hydroxyl groups is 1. The highest BCUT2D eigenvalue weighted by Gasteiger charge is 2.66. The summed E-state index contributed by atoms with van der Waals surface area (Å²) in [5.74, 6) is -3.71. The molecule has 1 aromatic carbocycles. The summed E-state index contributed by atoms with van der Waals surface area (Å²) in [4.78, 5) is 24.9. The number of alkyl halides is 3. The lowest BCUT2D eigenvalue weighted by molar-refractivity contribution is -0.287. The molecule has 3 rings (SSSR count). The van der Waals surface area contributed by atoms with Gasteiger partial charge in [-0.1, -0.05) is 22.0 Å². The molecule has 1 aliphatic heterocycles. The number of hydrogen-bond acceptors (Lipinski definition) is 5. The number of phenols is 1. The van der Waals surface area contributed by atoms with Crippen molar-refractivity contribution in [3.8, 4) is 5.75 Å². The van der Waals surface area contributed by atoms with Crippen LogP contribution < -0.4 is 10.6 Å². The molecule has 6 nitrogen and oxygen atoms in total. The maximum atomic E-state index is 13.8. The van der Waals surface area contributed by atoms with E-state index in [-0.39, 0.29) is 14.9 Å². The first-order valence-corrected chi connectivity index (χ1v) is 10.1. The second kappa shape index (κ2) is 7.32. The van der Waals surface area contributed by atoms with E-state index in [0.717, 1.165) is 11.3 Å². The number of ketones is 1. The van der Waals surface area contributed by atoms with Gasteiger partial charge in [-0.2, -0.15) is 13.2 Å². The molecule has 1 aromatic heterocycles. The van der Waals surface area contributed by atoms with Crippen molar-refractivity contribution in [2.24, 2.45) is 5.92 Å². The Morgan fingerprint density at radius 2 is 1.96 bits per heavy atom. The number of thiophene rings is 1. The lowest BCUT2D eigenvalue weighted by Crippen LogP contribution is -2.72. The fourth-order valence-corrected chi connectivity index (χ4v) is 4.96. The summed E-state index contributed by atoms with van der Waals surface area (Å²) in [7, 11) is 0. The summed E-state index contributed by atoms with van der Waals surface area (Å²) in [5, 5.41) is 26.0. The summed E-state index contributed by atoms with van der Waals surface area (Å²) >= 11 is 7.12. The molecule has 12 heteroatoms. The minimum absolute atomic E-state index is 0.0378. The second-order valence-electron chi connectivity index (χ2n) is 5.98. The monoisotopic (exact) mass is 542 g/mol. The van der Waals surface area contributed by atoms with Crippen molar-refractivity contribution >= 4 is 55.0 Å². The van der Waals surface area contributed by atoms with Crippen LogP contribution in [0.1, 0.15) is 21.3 Å². The summed E-state index contributed by atoms with van der Waals surface area (Å²) < 4.78 is 41.8. The molecule has 4 N–H and O–H groups in total.